The topological polar surface area (TPSA) is 0 Å². The van der Waals surface area contributed by atoms with Crippen molar-refractivity contribution in [1.82, 2.24) is 0 Å². The highest BCUT2D eigenvalue weighted by Crippen LogP contribution is 2.39. The van der Waals surface area contributed by atoms with Gasteiger partial charge in [0.2, 0.25) is 0 Å². The molecule has 1 saturated carbocycles. The molecular formula is C22H36. The van der Waals surface area contributed by atoms with Crippen LogP contribution < -0.4 is 0 Å². The summed E-state index contributed by atoms with van der Waals surface area (Å²) in [5.74, 6) is 1.79. The minimum Gasteiger partial charge on any atom is -0.0654 e. The Morgan fingerprint density at radius 2 is 1.45 bits per heavy atom. The number of hydrogen-bond acceptors (Lipinski definition) is 0. The van der Waals surface area contributed by atoms with Crippen LogP contribution in [0.4, 0.5) is 0 Å². The van der Waals surface area contributed by atoms with Crippen LogP contribution in [0.15, 0.2) is 30.3 Å². The van der Waals surface area contributed by atoms with Crippen molar-refractivity contribution in [2.75, 3.05) is 0 Å². The molecule has 0 aliphatic heterocycles. The summed E-state index contributed by atoms with van der Waals surface area (Å²) in [7, 11) is 0. The van der Waals surface area contributed by atoms with Gasteiger partial charge in [-0.05, 0) is 36.7 Å². The van der Waals surface area contributed by atoms with Gasteiger partial charge in [-0.3, -0.25) is 0 Å². The fourth-order valence-electron chi connectivity index (χ4n) is 4.23. The summed E-state index contributed by atoms with van der Waals surface area (Å²) in [6.07, 6.45) is 18.8. The van der Waals surface area contributed by atoms with Crippen molar-refractivity contribution in [3.8, 4) is 0 Å². The van der Waals surface area contributed by atoms with E-state index in [0.717, 1.165) is 11.8 Å². The molecule has 0 aromatic heterocycles. The first-order chi connectivity index (χ1) is 10.9. The van der Waals surface area contributed by atoms with Gasteiger partial charge in [0.25, 0.3) is 0 Å². The number of benzene rings is 1. The molecule has 0 nitrogen and oxygen atoms in total. The Labute approximate surface area is 138 Å². The molecule has 0 bridgehead atoms. The van der Waals surface area contributed by atoms with Crippen molar-refractivity contribution >= 4 is 0 Å². The van der Waals surface area contributed by atoms with Gasteiger partial charge >= 0.3 is 0 Å². The van der Waals surface area contributed by atoms with E-state index in [9.17, 15) is 0 Å². The van der Waals surface area contributed by atoms with E-state index < -0.39 is 0 Å². The largest absolute Gasteiger partial charge is 0.0654 e. The lowest BCUT2D eigenvalue weighted by atomic mass is 9.74. The Balaban J connectivity index is 1.78. The van der Waals surface area contributed by atoms with E-state index in [4.69, 9.17) is 0 Å². The summed E-state index contributed by atoms with van der Waals surface area (Å²) in [6.45, 7) is 2.30. The van der Waals surface area contributed by atoms with Crippen LogP contribution in [0.2, 0.25) is 0 Å². The van der Waals surface area contributed by atoms with Gasteiger partial charge in [0.05, 0.1) is 0 Å². The van der Waals surface area contributed by atoms with Crippen LogP contribution in [-0.4, -0.2) is 0 Å². The van der Waals surface area contributed by atoms with Gasteiger partial charge in [-0.1, -0.05) is 101 Å². The third-order valence-corrected chi connectivity index (χ3v) is 5.57. The van der Waals surface area contributed by atoms with Crippen molar-refractivity contribution in [1.29, 1.82) is 0 Å². The van der Waals surface area contributed by atoms with Crippen LogP contribution in [0.1, 0.15) is 102 Å². The zero-order valence-electron chi connectivity index (χ0n) is 14.7. The molecule has 0 N–H and O–H groups in total. The molecular weight excluding hydrogens is 264 g/mol. The highest BCUT2D eigenvalue weighted by atomic mass is 14.3. The first-order valence-electron chi connectivity index (χ1n) is 9.96. The van der Waals surface area contributed by atoms with E-state index in [0.29, 0.717) is 0 Å². The van der Waals surface area contributed by atoms with Crippen molar-refractivity contribution in [3.63, 3.8) is 0 Å². The van der Waals surface area contributed by atoms with E-state index in [1.807, 2.05) is 0 Å². The summed E-state index contributed by atoms with van der Waals surface area (Å²) in [4.78, 5) is 0. The fraction of sp³-hybridized carbons (Fsp3) is 0.727. The molecule has 0 heteroatoms. The van der Waals surface area contributed by atoms with E-state index in [-0.39, 0.29) is 0 Å². The standard InChI is InChI=1S/C22H36/c1-2-3-4-5-6-7-14-19-22(20-15-10-8-11-16-20)21-17-12-9-13-18-21/h8,10-11,15-16,21-22H,2-7,9,12-14,17-19H2,1H3. The first kappa shape index (κ1) is 17.6. The Hall–Kier alpha value is -0.780. The van der Waals surface area contributed by atoms with Gasteiger partial charge in [-0.2, -0.15) is 0 Å². The molecule has 0 spiro atoms. The van der Waals surface area contributed by atoms with E-state index in [1.54, 1.807) is 5.56 Å². The molecule has 1 aliphatic rings. The second kappa shape index (κ2) is 10.9. The van der Waals surface area contributed by atoms with Crippen molar-refractivity contribution < 1.29 is 0 Å². The van der Waals surface area contributed by atoms with Gasteiger partial charge in [-0.15, -0.1) is 0 Å². The monoisotopic (exact) mass is 300 g/mol. The maximum atomic E-state index is 2.38. The summed E-state index contributed by atoms with van der Waals surface area (Å²) in [5, 5.41) is 0. The summed E-state index contributed by atoms with van der Waals surface area (Å²) < 4.78 is 0. The predicted octanol–water partition coefficient (Wildman–Crippen LogP) is 7.49. The summed E-state index contributed by atoms with van der Waals surface area (Å²) >= 11 is 0. The lowest BCUT2D eigenvalue weighted by molar-refractivity contribution is 0.289. The molecule has 0 amide bonds. The Bertz CT molecular complexity index is 361. The maximum absolute atomic E-state index is 2.38. The van der Waals surface area contributed by atoms with Crippen LogP contribution in [-0.2, 0) is 0 Å². The average molecular weight is 301 g/mol. The zero-order valence-corrected chi connectivity index (χ0v) is 14.7. The molecule has 1 aliphatic carbocycles. The normalized spacial score (nSPS) is 17.5. The second-order valence-electron chi connectivity index (χ2n) is 7.33. The molecule has 1 aromatic rings. The SMILES string of the molecule is CCCCCCCCCC(c1ccccc1)C1CCCCC1. The third kappa shape index (κ3) is 6.15. The maximum Gasteiger partial charge on any atom is -0.0134 e. The molecule has 1 atom stereocenters. The van der Waals surface area contributed by atoms with Crippen LogP contribution in [0.3, 0.4) is 0 Å². The van der Waals surface area contributed by atoms with Crippen molar-refractivity contribution in [2.24, 2.45) is 5.92 Å². The second-order valence-corrected chi connectivity index (χ2v) is 7.33. The van der Waals surface area contributed by atoms with Gasteiger partial charge in [-0.25, -0.2) is 0 Å². The van der Waals surface area contributed by atoms with E-state index >= 15 is 0 Å². The van der Waals surface area contributed by atoms with Crippen molar-refractivity contribution in [2.45, 2.75) is 96.3 Å². The zero-order chi connectivity index (χ0) is 15.5. The fourth-order valence-corrected chi connectivity index (χ4v) is 4.23. The van der Waals surface area contributed by atoms with Gasteiger partial charge in [0.15, 0.2) is 0 Å². The van der Waals surface area contributed by atoms with E-state index in [2.05, 4.69) is 37.3 Å². The molecule has 1 unspecified atom stereocenters. The molecule has 2 rings (SSSR count). The molecule has 0 heterocycles. The number of hydrogen-bond donors (Lipinski definition) is 0. The van der Waals surface area contributed by atoms with Gasteiger partial charge < -0.3 is 0 Å². The Kier molecular flexibility index (Phi) is 8.68. The average Bonchev–Trinajstić information content (AvgIpc) is 2.59. The molecule has 1 aromatic carbocycles. The molecule has 0 saturated heterocycles. The summed E-state index contributed by atoms with van der Waals surface area (Å²) in [6, 6.07) is 11.4. The highest BCUT2D eigenvalue weighted by Gasteiger charge is 2.24. The van der Waals surface area contributed by atoms with Crippen LogP contribution in [0.5, 0.6) is 0 Å². The predicted molar refractivity (Wildman–Crippen MR) is 98.4 cm³/mol. The number of unbranched alkanes of at least 4 members (excludes halogenated alkanes) is 6. The van der Waals surface area contributed by atoms with Crippen molar-refractivity contribution in [3.05, 3.63) is 35.9 Å². The van der Waals surface area contributed by atoms with Gasteiger partial charge in [0, 0.05) is 0 Å². The van der Waals surface area contributed by atoms with Crippen LogP contribution >= 0.6 is 0 Å². The Morgan fingerprint density at radius 3 is 2.14 bits per heavy atom. The quantitative estimate of drug-likeness (QED) is 0.393. The molecule has 0 radical (unpaired) electrons. The van der Waals surface area contributed by atoms with Crippen LogP contribution in [0.25, 0.3) is 0 Å². The summed E-state index contributed by atoms with van der Waals surface area (Å²) in [5.41, 5.74) is 1.61. The lowest BCUT2D eigenvalue weighted by Gasteiger charge is -2.31. The van der Waals surface area contributed by atoms with Gasteiger partial charge in [0.1, 0.15) is 0 Å². The molecule has 1 fully saturated rings. The molecule has 22 heavy (non-hydrogen) atoms. The first-order valence-corrected chi connectivity index (χ1v) is 9.96. The lowest BCUT2D eigenvalue weighted by Crippen LogP contribution is -2.16. The molecule has 124 valence electrons. The van der Waals surface area contributed by atoms with E-state index in [1.165, 1.54) is 83.5 Å². The minimum atomic E-state index is 0.831. The van der Waals surface area contributed by atoms with Crippen LogP contribution in [0, 0.1) is 5.92 Å². The highest BCUT2D eigenvalue weighted by molar-refractivity contribution is 5.20. The Morgan fingerprint density at radius 1 is 0.818 bits per heavy atom. The number of rotatable bonds is 10. The minimum absolute atomic E-state index is 0.831. The third-order valence-electron chi connectivity index (χ3n) is 5.57. The smallest absolute Gasteiger partial charge is 0.0134 e.